The van der Waals surface area contributed by atoms with Gasteiger partial charge in [-0.3, -0.25) is 4.79 Å². The first kappa shape index (κ1) is 10.8. The molecular weight excluding hydrogens is 210 g/mol. The fourth-order valence-electron chi connectivity index (χ4n) is 1.49. The summed E-state index contributed by atoms with van der Waals surface area (Å²) >= 11 is 0. The molecule has 86 valence electrons. The van der Waals surface area contributed by atoms with Crippen LogP contribution in [0.2, 0.25) is 0 Å². The SMILES string of the molecule is Cc1cc2c(cc1NC(=O)CCO)OCO2. The summed E-state index contributed by atoms with van der Waals surface area (Å²) in [7, 11) is 0. The zero-order chi connectivity index (χ0) is 11.5. The maximum absolute atomic E-state index is 11.3. The highest BCUT2D eigenvalue weighted by Gasteiger charge is 2.16. The van der Waals surface area contributed by atoms with Crippen molar-refractivity contribution in [2.45, 2.75) is 13.3 Å². The highest BCUT2D eigenvalue weighted by molar-refractivity contribution is 5.92. The number of anilines is 1. The van der Waals surface area contributed by atoms with Gasteiger partial charge in [-0.25, -0.2) is 0 Å². The Morgan fingerprint density at radius 3 is 2.81 bits per heavy atom. The van der Waals surface area contributed by atoms with Crippen LogP contribution in [0, 0.1) is 6.92 Å². The van der Waals surface area contributed by atoms with E-state index in [4.69, 9.17) is 14.6 Å². The molecule has 0 bridgehead atoms. The molecule has 5 nitrogen and oxygen atoms in total. The van der Waals surface area contributed by atoms with Gasteiger partial charge in [0.1, 0.15) is 0 Å². The maximum atomic E-state index is 11.3. The predicted octanol–water partition coefficient (Wildman–Crippen LogP) is 1.04. The lowest BCUT2D eigenvalue weighted by Crippen LogP contribution is -2.13. The number of aliphatic hydroxyl groups is 1. The number of nitrogens with one attached hydrogen (secondary N) is 1. The van der Waals surface area contributed by atoms with Gasteiger partial charge in [-0.05, 0) is 18.6 Å². The first-order chi connectivity index (χ1) is 7.70. The molecule has 0 radical (unpaired) electrons. The molecule has 1 heterocycles. The average molecular weight is 223 g/mol. The highest BCUT2D eigenvalue weighted by atomic mass is 16.7. The molecule has 1 aliphatic rings. The Morgan fingerprint density at radius 2 is 2.12 bits per heavy atom. The van der Waals surface area contributed by atoms with Gasteiger partial charge in [-0.1, -0.05) is 0 Å². The largest absolute Gasteiger partial charge is 0.454 e. The lowest BCUT2D eigenvalue weighted by Gasteiger charge is -2.08. The van der Waals surface area contributed by atoms with Crippen LogP contribution < -0.4 is 14.8 Å². The van der Waals surface area contributed by atoms with Crippen molar-refractivity contribution in [3.8, 4) is 11.5 Å². The summed E-state index contributed by atoms with van der Waals surface area (Å²) in [6.45, 7) is 1.93. The van der Waals surface area contributed by atoms with Crippen LogP contribution in [-0.4, -0.2) is 24.4 Å². The average Bonchev–Trinajstić information content (AvgIpc) is 2.65. The number of rotatable bonds is 3. The molecule has 1 aliphatic heterocycles. The molecule has 0 saturated carbocycles. The molecule has 0 aliphatic carbocycles. The number of fused-ring (bicyclic) bond motifs is 1. The van der Waals surface area contributed by atoms with Crippen molar-refractivity contribution in [3.05, 3.63) is 17.7 Å². The Kier molecular flexibility index (Phi) is 2.96. The van der Waals surface area contributed by atoms with Crippen molar-refractivity contribution < 1.29 is 19.4 Å². The van der Waals surface area contributed by atoms with E-state index in [1.54, 1.807) is 6.07 Å². The third kappa shape index (κ3) is 2.09. The molecule has 1 amide bonds. The lowest BCUT2D eigenvalue weighted by atomic mass is 10.1. The number of hydrogen-bond acceptors (Lipinski definition) is 4. The Hall–Kier alpha value is -1.75. The zero-order valence-corrected chi connectivity index (χ0v) is 8.95. The fourth-order valence-corrected chi connectivity index (χ4v) is 1.49. The number of carbonyl (C=O) groups excluding carboxylic acids is 1. The van der Waals surface area contributed by atoms with E-state index in [2.05, 4.69) is 5.32 Å². The van der Waals surface area contributed by atoms with Crippen molar-refractivity contribution >= 4 is 11.6 Å². The van der Waals surface area contributed by atoms with Gasteiger partial charge in [0.05, 0.1) is 13.0 Å². The number of hydrogen-bond donors (Lipinski definition) is 2. The second kappa shape index (κ2) is 4.40. The van der Waals surface area contributed by atoms with Crippen LogP contribution >= 0.6 is 0 Å². The van der Waals surface area contributed by atoms with Crippen molar-refractivity contribution in [3.63, 3.8) is 0 Å². The Morgan fingerprint density at radius 1 is 1.44 bits per heavy atom. The van der Waals surface area contributed by atoms with E-state index in [9.17, 15) is 4.79 Å². The van der Waals surface area contributed by atoms with E-state index in [0.717, 1.165) is 5.56 Å². The molecule has 0 atom stereocenters. The van der Waals surface area contributed by atoms with Gasteiger partial charge in [0.25, 0.3) is 0 Å². The summed E-state index contributed by atoms with van der Waals surface area (Å²) in [5.74, 6) is 1.10. The molecular formula is C11H13NO4. The van der Waals surface area contributed by atoms with Crippen molar-refractivity contribution in [2.24, 2.45) is 0 Å². The van der Waals surface area contributed by atoms with Gasteiger partial charge < -0.3 is 19.9 Å². The van der Waals surface area contributed by atoms with Crippen LogP contribution in [0.25, 0.3) is 0 Å². The van der Waals surface area contributed by atoms with Gasteiger partial charge in [0.2, 0.25) is 12.7 Å². The standard InChI is InChI=1S/C11H13NO4/c1-7-4-9-10(16-6-15-9)5-8(7)12-11(14)2-3-13/h4-5,13H,2-3,6H2,1H3,(H,12,14). The fraction of sp³-hybridized carbons (Fsp3) is 0.364. The van der Waals surface area contributed by atoms with Crippen LogP contribution in [-0.2, 0) is 4.79 Å². The smallest absolute Gasteiger partial charge is 0.231 e. The minimum absolute atomic E-state index is 0.0912. The molecule has 0 unspecified atom stereocenters. The van der Waals surface area contributed by atoms with Gasteiger partial charge in [0, 0.05) is 11.8 Å². The third-order valence-electron chi connectivity index (χ3n) is 2.33. The Balaban J connectivity index is 2.18. The summed E-state index contributed by atoms with van der Waals surface area (Å²) in [4.78, 5) is 11.3. The topological polar surface area (TPSA) is 67.8 Å². The molecule has 0 aromatic heterocycles. The van der Waals surface area contributed by atoms with E-state index in [-0.39, 0.29) is 25.7 Å². The Bertz CT molecular complexity index is 417. The first-order valence-electron chi connectivity index (χ1n) is 5.01. The van der Waals surface area contributed by atoms with Crippen molar-refractivity contribution in [1.82, 2.24) is 0 Å². The quantitative estimate of drug-likeness (QED) is 0.803. The summed E-state index contributed by atoms with van der Waals surface area (Å²) < 4.78 is 10.4. The van der Waals surface area contributed by atoms with E-state index in [0.29, 0.717) is 17.2 Å². The molecule has 2 rings (SSSR count). The van der Waals surface area contributed by atoms with Crippen LogP contribution in [0.3, 0.4) is 0 Å². The zero-order valence-electron chi connectivity index (χ0n) is 8.95. The lowest BCUT2D eigenvalue weighted by molar-refractivity contribution is -0.116. The molecule has 2 N–H and O–H groups in total. The number of carbonyl (C=O) groups is 1. The van der Waals surface area contributed by atoms with Crippen molar-refractivity contribution in [2.75, 3.05) is 18.7 Å². The minimum atomic E-state index is -0.218. The molecule has 1 aromatic carbocycles. The van der Waals surface area contributed by atoms with E-state index < -0.39 is 0 Å². The number of ether oxygens (including phenoxy) is 2. The summed E-state index contributed by atoms with van der Waals surface area (Å²) in [6, 6.07) is 3.55. The van der Waals surface area contributed by atoms with Crippen LogP contribution in [0.5, 0.6) is 11.5 Å². The van der Waals surface area contributed by atoms with Crippen molar-refractivity contribution in [1.29, 1.82) is 0 Å². The second-order valence-corrected chi connectivity index (χ2v) is 3.54. The molecule has 0 spiro atoms. The monoisotopic (exact) mass is 223 g/mol. The van der Waals surface area contributed by atoms with E-state index in [1.807, 2.05) is 13.0 Å². The molecule has 5 heteroatoms. The van der Waals surface area contributed by atoms with E-state index in [1.165, 1.54) is 0 Å². The normalized spacial score (nSPS) is 12.6. The molecule has 0 saturated heterocycles. The van der Waals surface area contributed by atoms with Gasteiger partial charge >= 0.3 is 0 Å². The number of aliphatic hydroxyl groups excluding tert-OH is 1. The maximum Gasteiger partial charge on any atom is 0.231 e. The minimum Gasteiger partial charge on any atom is -0.454 e. The summed E-state index contributed by atoms with van der Waals surface area (Å²) in [5.41, 5.74) is 1.58. The van der Waals surface area contributed by atoms with Crippen LogP contribution in [0.15, 0.2) is 12.1 Å². The second-order valence-electron chi connectivity index (χ2n) is 3.54. The summed E-state index contributed by atoms with van der Waals surface area (Å²) in [6.07, 6.45) is 0.0912. The van der Waals surface area contributed by atoms with E-state index >= 15 is 0 Å². The van der Waals surface area contributed by atoms with Crippen LogP contribution in [0.1, 0.15) is 12.0 Å². The number of aryl methyl sites for hydroxylation is 1. The predicted molar refractivity (Wildman–Crippen MR) is 57.6 cm³/mol. The number of benzene rings is 1. The molecule has 0 fully saturated rings. The first-order valence-corrected chi connectivity index (χ1v) is 5.01. The van der Waals surface area contributed by atoms with Gasteiger partial charge in [-0.2, -0.15) is 0 Å². The van der Waals surface area contributed by atoms with Crippen LogP contribution in [0.4, 0.5) is 5.69 Å². The molecule has 1 aromatic rings. The molecule has 16 heavy (non-hydrogen) atoms. The van der Waals surface area contributed by atoms with Gasteiger partial charge in [0.15, 0.2) is 11.5 Å². The summed E-state index contributed by atoms with van der Waals surface area (Å²) in [5, 5.41) is 11.3. The third-order valence-corrected chi connectivity index (χ3v) is 2.33. The van der Waals surface area contributed by atoms with Gasteiger partial charge in [-0.15, -0.1) is 0 Å². The highest BCUT2D eigenvalue weighted by Crippen LogP contribution is 2.36. The number of amides is 1. The Labute approximate surface area is 93.0 Å².